The Labute approximate surface area is 136 Å². The van der Waals surface area contributed by atoms with E-state index in [2.05, 4.69) is 20.5 Å². The van der Waals surface area contributed by atoms with Crippen molar-refractivity contribution in [2.24, 2.45) is 13.0 Å². The number of piperidine rings is 1. The van der Waals surface area contributed by atoms with Gasteiger partial charge in [0.15, 0.2) is 0 Å². The van der Waals surface area contributed by atoms with E-state index in [1.165, 1.54) is 18.6 Å². The average Bonchev–Trinajstić information content (AvgIpc) is 2.94. The zero-order chi connectivity index (χ0) is 16.2. The van der Waals surface area contributed by atoms with Crippen LogP contribution in [0.3, 0.4) is 0 Å². The third kappa shape index (κ3) is 3.77. The van der Waals surface area contributed by atoms with Gasteiger partial charge >= 0.3 is 0 Å². The maximum Gasteiger partial charge on any atom is 0.124 e. The van der Waals surface area contributed by atoms with Gasteiger partial charge in [-0.25, -0.2) is 9.37 Å². The molecule has 23 heavy (non-hydrogen) atoms. The average molecular weight is 312 g/mol. The fourth-order valence-corrected chi connectivity index (χ4v) is 3.34. The lowest BCUT2D eigenvalue weighted by atomic mass is 9.94. The molecule has 2 heterocycles. The molecule has 1 saturated heterocycles. The normalized spacial score (nSPS) is 18.7. The van der Waals surface area contributed by atoms with Crippen molar-refractivity contribution in [2.75, 3.05) is 13.1 Å². The summed E-state index contributed by atoms with van der Waals surface area (Å²) in [5.41, 5.74) is 1.35. The Morgan fingerprint density at radius 1 is 1.43 bits per heavy atom. The molecular weight excluding hydrogens is 291 g/mol. The number of aryl methyl sites for hydroxylation is 1. The smallest absolute Gasteiger partial charge is 0.124 e. The Kier molecular flexibility index (Phi) is 4.73. The lowest BCUT2D eigenvalue weighted by Gasteiger charge is -2.32. The van der Waals surface area contributed by atoms with E-state index in [-0.39, 0.29) is 5.82 Å². The van der Waals surface area contributed by atoms with Crippen molar-refractivity contribution in [3.63, 3.8) is 0 Å². The highest BCUT2D eigenvalue weighted by Gasteiger charge is 2.22. The van der Waals surface area contributed by atoms with Crippen LogP contribution in [0.4, 0.5) is 4.39 Å². The number of imidazole rings is 1. The predicted octanol–water partition coefficient (Wildman–Crippen LogP) is 2.89. The number of likely N-dealkylation sites (tertiary alicyclic amines) is 1. The second kappa shape index (κ2) is 6.93. The molecule has 0 unspecified atom stereocenters. The summed E-state index contributed by atoms with van der Waals surface area (Å²) in [6.45, 7) is 2.73. The molecule has 5 heteroatoms. The Morgan fingerprint density at radius 3 is 3.04 bits per heavy atom. The van der Waals surface area contributed by atoms with Crippen LogP contribution < -0.4 is 0 Å². The number of rotatable bonds is 4. The fourth-order valence-electron chi connectivity index (χ4n) is 3.34. The number of nitriles is 1. The zero-order valence-electron chi connectivity index (χ0n) is 13.4. The van der Waals surface area contributed by atoms with Crippen LogP contribution in [0.5, 0.6) is 0 Å². The molecule has 1 fully saturated rings. The summed E-state index contributed by atoms with van der Waals surface area (Å²) in [5.74, 6) is 1.35. The minimum atomic E-state index is -0.350. The first-order chi connectivity index (χ1) is 11.2. The van der Waals surface area contributed by atoms with Crippen LogP contribution in [0.25, 0.3) is 0 Å². The summed E-state index contributed by atoms with van der Waals surface area (Å²) in [6.07, 6.45) is 7.16. The fraction of sp³-hybridized carbons (Fsp3) is 0.444. The first-order valence-electron chi connectivity index (χ1n) is 8.03. The molecule has 0 amide bonds. The molecule has 0 radical (unpaired) electrons. The van der Waals surface area contributed by atoms with Crippen LogP contribution >= 0.6 is 0 Å². The molecule has 0 bridgehead atoms. The number of hydrogen-bond acceptors (Lipinski definition) is 3. The van der Waals surface area contributed by atoms with E-state index in [1.54, 1.807) is 6.07 Å². The summed E-state index contributed by atoms with van der Waals surface area (Å²) < 4.78 is 15.3. The van der Waals surface area contributed by atoms with E-state index in [0.29, 0.717) is 18.0 Å². The molecule has 1 aliphatic heterocycles. The molecule has 0 aliphatic carbocycles. The summed E-state index contributed by atoms with van der Waals surface area (Å²) in [5, 5.41) is 9.18. The van der Waals surface area contributed by atoms with Gasteiger partial charge in [-0.05, 0) is 43.0 Å². The van der Waals surface area contributed by atoms with E-state index >= 15 is 0 Å². The second-order valence-electron chi connectivity index (χ2n) is 6.32. The van der Waals surface area contributed by atoms with Crippen LogP contribution in [0.15, 0.2) is 30.6 Å². The molecule has 1 aromatic carbocycles. The molecule has 1 aliphatic rings. The van der Waals surface area contributed by atoms with Gasteiger partial charge in [0.05, 0.1) is 11.6 Å². The quantitative estimate of drug-likeness (QED) is 0.872. The van der Waals surface area contributed by atoms with Crippen LogP contribution in [-0.4, -0.2) is 27.5 Å². The van der Waals surface area contributed by atoms with Crippen molar-refractivity contribution in [1.29, 1.82) is 5.26 Å². The Balaban J connectivity index is 1.65. The van der Waals surface area contributed by atoms with Crippen LogP contribution in [-0.2, 0) is 20.0 Å². The van der Waals surface area contributed by atoms with Crippen LogP contribution in [0.1, 0.15) is 29.8 Å². The van der Waals surface area contributed by atoms with Gasteiger partial charge < -0.3 is 4.57 Å². The van der Waals surface area contributed by atoms with Gasteiger partial charge in [-0.2, -0.15) is 5.26 Å². The SMILES string of the molecule is Cn1ccnc1C[C@@H]1CCCN(Cc2ccc(F)cc2C#N)C1. The van der Waals surface area contributed by atoms with Crippen LogP contribution in [0.2, 0.25) is 0 Å². The highest BCUT2D eigenvalue weighted by molar-refractivity contribution is 5.37. The molecule has 0 spiro atoms. The second-order valence-corrected chi connectivity index (χ2v) is 6.32. The van der Waals surface area contributed by atoms with E-state index < -0.39 is 0 Å². The number of hydrogen-bond donors (Lipinski definition) is 0. The van der Waals surface area contributed by atoms with Crippen LogP contribution in [0, 0.1) is 23.1 Å². The first-order valence-corrected chi connectivity index (χ1v) is 8.03. The number of benzene rings is 1. The van der Waals surface area contributed by atoms with E-state index in [1.807, 2.05) is 19.4 Å². The number of halogens is 1. The minimum absolute atomic E-state index is 0.350. The van der Waals surface area contributed by atoms with Gasteiger partial charge in [-0.15, -0.1) is 0 Å². The molecule has 1 atom stereocenters. The Morgan fingerprint density at radius 2 is 2.30 bits per heavy atom. The van der Waals surface area contributed by atoms with E-state index in [0.717, 1.165) is 37.3 Å². The maximum atomic E-state index is 13.3. The standard InChI is InChI=1S/C18H21FN4/c1-22-8-6-21-18(22)9-14-3-2-7-23(12-14)13-15-4-5-17(19)10-16(15)11-20/h4-6,8,10,14H,2-3,7,9,12-13H2,1H3/t14-/m0/s1. The number of nitrogens with zero attached hydrogens (tertiary/aromatic N) is 4. The van der Waals surface area contributed by atoms with E-state index in [9.17, 15) is 9.65 Å². The molecular formula is C18H21FN4. The predicted molar refractivity (Wildman–Crippen MR) is 86.0 cm³/mol. The van der Waals surface area contributed by atoms with Crippen molar-refractivity contribution >= 4 is 0 Å². The van der Waals surface area contributed by atoms with Gasteiger partial charge in [0.2, 0.25) is 0 Å². The molecule has 1 aromatic heterocycles. The van der Waals surface area contributed by atoms with E-state index in [4.69, 9.17) is 0 Å². The maximum absolute atomic E-state index is 13.3. The largest absolute Gasteiger partial charge is 0.338 e. The van der Waals surface area contributed by atoms with Crippen molar-refractivity contribution in [1.82, 2.24) is 14.5 Å². The van der Waals surface area contributed by atoms with Crippen molar-refractivity contribution in [3.05, 3.63) is 53.4 Å². The highest BCUT2D eigenvalue weighted by atomic mass is 19.1. The Bertz CT molecular complexity index is 716. The Hall–Kier alpha value is -2.19. The summed E-state index contributed by atoms with van der Waals surface area (Å²) in [4.78, 5) is 6.78. The summed E-state index contributed by atoms with van der Waals surface area (Å²) >= 11 is 0. The van der Waals surface area contributed by atoms with Gasteiger partial charge in [-0.1, -0.05) is 6.07 Å². The summed E-state index contributed by atoms with van der Waals surface area (Å²) in [7, 11) is 2.03. The summed E-state index contributed by atoms with van der Waals surface area (Å²) in [6, 6.07) is 6.59. The first kappa shape index (κ1) is 15.7. The van der Waals surface area contributed by atoms with Crippen molar-refractivity contribution in [3.8, 4) is 6.07 Å². The van der Waals surface area contributed by atoms with Gasteiger partial charge in [0.1, 0.15) is 11.6 Å². The molecule has 120 valence electrons. The van der Waals surface area contributed by atoms with Crippen molar-refractivity contribution in [2.45, 2.75) is 25.8 Å². The third-order valence-electron chi connectivity index (χ3n) is 4.58. The lowest BCUT2D eigenvalue weighted by molar-refractivity contribution is 0.165. The minimum Gasteiger partial charge on any atom is -0.338 e. The molecule has 0 saturated carbocycles. The van der Waals surface area contributed by atoms with Gasteiger partial charge in [0, 0.05) is 39.0 Å². The molecule has 0 N–H and O–H groups in total. The molecule has 2 aromatic rings. The lowest BCUT2D eigenvalue weighted by Crippen LogP contribution is -2.36. The van der Waals surface area contributed by atoms with Gasteiger partial charge in [0.25, 0.3) is 0 Å². The molecule has 3 rings (SSSR count). The highest BCUT2D eigenvalue weighted by Crippen LogP contribution is 2.22. The topological polar surface area (TPSA) is 44.9 Å². The zero-order valence-corrected chi connectivity index (χ0v) is 13.4. The third-order valence-corrected chi connectivity index (χ3v) is 4.58. The van der Waals surface area contributed by atoms with Crippen molar-refractivity contribution < 1.29 is 4.39 Å². The molecule has 4 nitrogen and oxygen atoms in total. The number of aromatic nitrogens is 2. The monoisotopic (exact) mass is 312 g/mol. The van der Waals surface area contributed by atoms with Gasteiger partial charge in [-0.3, -0.25) is 4.90 Å².